The van der Waals surface area contributed by atoms with Crippen LogP contribution in [0.1, 0.15) is 62.0 Å². The van der Waals surface area contributed by atoms with Crippen molar-refractivity contribution in [2.24, 2.45) is 5.41 Å². The van der Waals surface area contributed by atoms with Gasteiger partial charge in [0.1, 0.15) is 5.82 Å². The van der Waals surface area contributed by atoms with Crippen LogP contribution < -0.4 is 11.1 Å². The van der Waals surface area contributed by atoms with Crippen molar-refractivity contribution in [2.75, 3.05) is 12.3 Å². The smallest absolute Gasteiger partial charge is 0.251 e. The predicted octanol–water partition coefficient (Wildman–Crippen LogP) is 2.71. The number of nitrogens with one attached hydrogen (secondary N) is 1. The summed E-state index contributed by atoms with van der Waals surface area (Å²) < 4.78 is 0. The minimum Gasteiger partial charge on any atom is -0.384 e. The largest absolute Gasteiger partial charge is 0.384 e. The SMILES string of the molecule is CCC1(CNC(=O)c2cc(N)nc(C(C)C)c2)CC1. The first-order valence-electron chi connectivity index (χ1n) is 7.01. The van der Waals surface area contributed by atoms with Crippen LogP contribution in [-0.4, -0.2) is 17.4 Å². The van der Waals surface area contributed by atoms with Crippen LogP contribution in [0.25, 0.3) is 0 Å². The monoisotopic (exact) mass is 261 g/mol. The van der Waals surface area contributed by atoms with Crippen molar-refractivity contribution in [2.45, 2.75) is 46.0 Å². The fourth-order valence-electron chi connectivity index (χ4n) is 2.20. The van der Waals surface area contributed by atoms with Crippen molar-refractivity contribution in [3.63, 3.8) is 0 Å². The van der Waals surface area contributed by atoms with Crippen LogP contribution in [0.2, 0.25) is 0 Å². The molecule has 1 amide bonds. The lowest BCUT2D eigenvalue weighted by molar-refractivity contribution is 0.0944. The minimum absolute atomic E-state index is 0.0456. The average Bonchev–Trinajstić information content (AvgIpc) is 3.16. The maximum Gasteiger partial charge on any atom is 0.251 e. The highest BCUT2D eigenvalue weighted by molar-refractivity contribution is 5.95. The van der Waals surface area contributed by atoms with Crippen molar-refractivity contribution in [1.29, 1.82) is 0 Å². The molecule has 0 atom stereocenters. The van der Waals surface area contributed by atoms with Gasteiger partial charge >= 0.3 is 0 Å². The summed E-state index contributed by atoms with van der Waals surface area (Å²) in [5.41, 5.74) is 7.60. The molecular formula is C15H23N3O. The van der Waals surface area contributed by atoms with Gasteiger partial charge in [0.05, 0.1) is 0 Å². The Morgan fingerprint density at radius 3 is 2.68 bits per heavy atom. The molecule has 0 bridgehead atoms. The van der Waals surface area contributed by atoms with E-state index in [2.05, 4.69) is 17.2 Å². The zero-order chi connectivity index (χ0) is 14.0. The highest BCUT2D eigenvalue weighted by atomic mass is 16.1. The van der Waals surface area contributed by atoms with Gasteiger partial charge in [-0.3, -0.25) is 4.79 Å². The third-order valence-corrected chi connectivity index (χ3v) is 4.05. The van der Waals surface area contributed by atoms with Crippen molar-refractivity contribution >= 4 is 11.7 Å². The number of hydrogen-bond acceptors (Lipinski definition) is 3. The summed E-state index contributed by atoms with van der Waals surface area (Å²) in [6, 6.07) is 3.48. The van der Waals surface area contributed by atoms with Gasteiger partial charge in [-0.1, -0.05) is 20.8 Å². The topological polar surface area (TPSA) is 68.0 Å². The van der Waals surface area contributed by atoms with E-state index in [1.807, 2.05) is 19.9 Å². The lowest BCUT2D eigenvalue weighted by Gasteiger charge is -2.14. The van der Waals surface area contributed by atoms with Crippen LogP contribution >= 0.6 is 0 Å². The van der Waals surface area contributed by atoms with Gasteiger partial charge in [0.25, 0.3) is 5.91 Å². The number of carbonyl (C=O) groups excluding carboxylic acids is 1. The van der Waals surface area contributed by atoms with Gasteiger partial charge in [-0.2, -0.15) is 0 Å². The Bertz CT molecular complexity index is 478. The van der Waals surface area contributed by atoms with E-state index >= 15 is 0 Å². The Kier molecular flexibility index (Phi) is 3.78. The second-order valence-electron chi connectivity index (χ2n) is 5.90. The molecule has 0 spiro atoms. The molecule has 0 saturated heterocycles. The summed E-state index contributed by atoms with van der Waals surface area (Å²) in [6.07, 6.45) is 3.57. The molecule has 19 heavy (non-hydrogen) atoms. The Morgan fingerprint density at radius 1 is 1.47 bits per heavy atom. The van der Waals surface area contributed by atoms with Crippen LogP contribution in [0.3, 0.4) is 0 Å². The Balaban J connectivity index is 2.06. The number of aromatic nitrogens is 1. The van der Waals surface area contributed by atoms with Gasteiger partial charge in [-0.25, -0.2) is 4.98 Å². The van der Waals surface area contributed by atoms with Crippen molar-refractivity contribution in [3.8, 4) is 0 Å². The molecule has 1 aromatic heterocycles. The minimum atomic E-state index is -0.0456. The van der Waals surface area contributed by atoms with E-state index in [4.69, 9.17) is 5.73 Å². The van der Waals surface area contributed by atoms with Crippen LogP contribution in [0.15, 0.2) is 12.1 Å². The number of anilines is 1. The quantitative estimate of drug-likeness (QED) is 0.856. The number of rotatable bonds is 5. The molecule has 1 aromatic rings. The number of amides is 1. The Labute approximate surface area is 114 Å². The molecule has 4 heteroatoms. The molecule has 1 heterocycles. The van der Waals surface area contributed by atoms with E-state index in [1.165, 1.54) is 12.8 Å². The van der Waals surface area contributed by atoms with E-state index in [0.29, 0.717) is 16.8 Å². The average molecular weight is 261 g/mol. The second kappa shape index (κ2) is 5.19. The molecule has 0 aromatic carbocycles. The van der Waals surface area contributed by atoms with Crippen LogP contribution in [-0.2, 0) is 0 Å². The van der Waals surface area contributed by atoms with Crippen LogP contribution in [0, 0.1) is 5.41 Å². The lowest BCUT2D eigenvalue weighted by Crippen LogP contribution is -2.30. The third kappa shape index (κ3) is 3.25. The first kappa shape index (κ1) is 13.8. The zero-order valence-corrected chi connectivity index (χ0v) is 12.0. The van der Waals surface area contributed by atoms with Crippen molar-refractivity contribution in [3.05, 3.63) is 23.4 Å². The summed E-state index contributed by atoms with van der Waals surface area (Å²) in [6.45, 7) is 7.03. The van der Waals surface area contributed by atoms with Crippen molar-refractivity contribution < 1.29 is 4.79 Å². The fourth-order valence-corrected chi connectivity index (χ4v) is 2.20. The van der Waals surface area contributed by atoms with Gasteiger partial charge in [0, 0.05) is 17.8 Å². The molecule has 1 aliphatic carbocycles. The molecule has 0 radical (unpaired) electrons. The van der Waals surface area contributed by atoms with E-state index in [1.54, 1.807) is 6.07 Å². The van der Waals surface area contributed by atoms with Gasteiger partial charge < -0.3 is 11.1 Å². The summed E-state index contributed by atoms with van der Waals surface area (Å²) in [5.74, 6) is 0.629. The summed E-state index contributed by atoms with van der Waals surface area (Å²) >= 11 is 0. The molecule has 4 nitrogen and oxygen atoms in total. The first-order chi connectivity index (χ1) is 8.96. The summed E-state index contributed by atoms with van der Waals surface area (Å²) in [7, 11) is 0. The number of carbonyl (C=O) groups is 1. The fraction of sp³-hybridized carbons (Fsp3) is 0.600. The molecule has 104 valence electrons. The second-order valence-corrected chi connectivity index (χ2v) is 5.90. The molecule has 0 unspecified atom stereocenters. The maximum absolute atomic E-state index is 12.2. The molecular weight excluding hydrogens is 238 g/mol. The van der Waals surface area contributed by atoms with E-state index < -0.39 is 0 Å². The Morgan fingerprint density at radius 2 is 2.16 bits per heavy atom. The highest BCUT2D eigenvalue weighted by Crippen LogP contribution is 2.47. The summed E-state index contributed by atoms with van der Waals surface area (Å²) in [4.78, 5) is 16.4. The molecule has 0 aliphatic heterocycles. The number of hydrogen-bond donors (Lipinski definition) is 2. The number of pyridine rings is 1. The van der Waals surface area contributed by atoms with E-state index in [9.17, 15) is 4.79 Å². The predicted molar refractivity (Wildman–Crippen MR) is 77.0 cm³/mol. The van der Waals surface area contributed by atoms with Gasteiger partial charge in [-0.05, 0) is 42.7 Å². The first-order valence-corrected chi connectivity index (χ1v) is 7.01. The molecule has 1 saturated carbocycles. The van der Waals surface area contributed by atoms with Gasteiger partial charge in [0.2, 0.25) is 0 Å². The Hall–Kier alpha value is -1.58. The van der Waals surface area contributed by atoms with Crippen molar-refractivity contribution in [1.82, 2.24) is 10.3 Å². The normalized spacial score (nSPS) is 16.4. The maximum atomic E-state index is 12.2. The highest BCUT2D eigenvalue weighted by Gasteiger charge is 2.40. The van der Waals surface area contributed by atoms with Crippen LogP contribution in [0.4, 0.5) is 5.82 Å². The third-order valence-electron chi connectivity index (χ3n) is 4.05. The van der Waals surface area contributed by atoms with Crippen LogP contribution in [0.5, 0.6) is 0 Å². The summed E-state index contributed by atoms with van der Waals surface area (Å²) in [5, 5.41) is 3.02. The molecule has 1 fully saturated rings. The van der Waals surface area contributed by atoms with E-state index in [0.717, 1.165) is 18.7 Å². The molecule has 1 aliphatic rings. The van der Waals surface area contributed by atoms with E-state index in [-0.39, 0.29) is 11.8 Å². The lowest BCUT2D eigenvalue weighted by atomic mass is 10.0. The zero-order valence-electron chi connectivity index (χ0n) is 12.0. The number of nitrogens with two attached hydrogens (primary N) is 1. The number of nitrogen functional groups attached to an aromatic ring is 1. The molecule has 2 rings (SSSR count). The van der Waals surface area contributed by atoms with Gasteiger partial charge in [-0.15, -0.1) is 0 Å². The number of nitrogens with zero attached hydrogens (tertiary/aromatic N) is 1. The molecule has 3 N–H and O–H groups in total. The van der Waals surface area contributed by atoms with Gasteiger partial charge in [0.15, 0.2) is 0 Å². The standard InChI is InChI=1S/C15H23N3O/c1-4-15(5-6-15)9-17-14(19)11-7-12(10(2)3)18-13(16)8-11/h7-8,10H,4-6,9H2,1-3H3,(H2,16,18)(H,17,19).